The van der Waals surface area contributed by atoms with E-state index in [1.54, 1.807) is 0 Å². The fourth-order valence-corrected chi connectivity index (χ4v) is 3.32. The van der Waals surface area contributed by atoms with Crippen LogP contribution in [0.4, 0.5) is 5.69 Å². The Morgan fingerprint density at radius 2 is 1.96 bits per heavy atom. The molecule has 26 heavy (non-hydrogen) atoms. The molecule has 1 aliphatic heterocycles. The van der Waals surface area contributed by atoms with Gasteiger partial charge in [0.25, 0.3) is 5.91 Å². The normalized spacial score (nSPS) is 13.0. The summed E-state index contributed by atoms with van der Waals surface area (Å²) >= 11 is 0. The third-order valence-corrected chi connectivity index (χ3v) is 4.64. The zero-order valence-corrected chi connectivity index (χ0v) is 15.7. The Balaban J connectivity index is 1.75. The molecule has 1 N–H and O–H groups in total. The number of benzene rings is 2. The van der Waals surface area contributed by atoms with Crippen LogP contribution in [0, 0.1) is 12.8 Å². The first-order valence-electron chi connectivity index (χ1n) is 9.21. The summed E-state index contributed by atoms with van der Waals surface area (Å²) in [6, 6.07) is 13.8. The number of amides is 2. The summed E-state index contributed by atoms with van der Waals surface area (Å²) in [4.78, 5) is 26.6. The average molecular weight is 350 g/mol. The highest BCUT2D eigenvalue weighted by Gasteiger charge is 2.25. The van der Waals surface area contributed by atoms with Gasteiger partial charge in [0.05, 0.1) is 0 Å². The molecule has 0 unspecified atom stereocenters. The standard InChI is InChI=1S/C22H26N2O2/c1-15(2)11-21(25)23-14-17-7-8-18-9-10-24(20(18)13-17)22(26)19-6-4-5-16(3)12-19/h4-8,12-13,15H,9-11,14H2,1-3H3,(H,23,25). The number of nitrogens with one attached hydrogen (secondary N) is 1. The number of hydrogen-bond donors (Lipinski definition) is 1. The van der Waals surface area contributed by atoms with Crippen molar-refractivity contribution < 1.29 is 9.59 Å². The zero-order chi connectivity index (χ0) is 18.7. The molecule has 0 aromatic heterocycles. The molecule has 0 bridgehead atoms. The number of aryl methyl sites for hydroxylation is 1. The van der Waals surface area contributed by atoms with Gasteiger partial charge in [-0.3, -0.25) is 9.59 Å². The molecule has 2 amide bonds. The van der Waals surface area contributed by atoms with E-state index >= 15 is 0 Å². The van der Waals surface area contributed by atoms with Crippen molar-refractivity contribution in [2.45, 2.75) is 40.2 Å². The fourth-order valence-electron chi connectivity index (χ4n) is 3.32. The molecule has 0 spiro atoms. The topological polar surface area (TPSA) is 49.4 Å². The summed E-state index contributed by atoms with van der Waals surface area (Å²) in [5, 5.41) is 2.96. The lowest BCUT2D eigenvalue weighted by molar-refractivity contribution is -0.121. The third-order valence-electron chi connectivity index (χ3n) is 4.64. The van der Waals surface area contributed by atoms with Crippen molar-refractivity contribution in [2.75, 3.05) is 11.4 Å². The molecule has 4 nitrogen and oxygen atoms in total. The maximum absolute atomic E-state index is 12.9. The van der Waals surface area contributed by atoms with Gasteiger partial charge in [0, 0.05) is 30.8 Å². The van der Waals surface area contributed by atoms with Gasteiger partial charge in [0.1, 0.15) is 0 Å². The molecule has 1 heterocycles. The van der Waals surface area contributed by atoms with Gasteiger partial charge in [-0.05, 0) is 48.6 Å². The molecular weight excluding hydrogens is 324 g/mol. The first kappa shape index (κ1) is 18.2. The Morgan fingerprint density at radius 1 is 1.15 bits per heavy atom. The van der Waals surface area contributed by atoms with E-state index in [9.17, 15) is 9.59 Å². The van der Waals surface area contributed by atoms with Crippen LogP contribution >= 0.6 is 0 Å². The van der Waals surface area contributed by atoms with Gasteiger partial charge >= 0.3 is 0 Å². The highest BCUT2D eigenvalue weighted by atomic mass is 16.2. The van der Waals surface area contributed by atoms with Gasteiger partial charge in [-0.2, -0.15) is 0 Å². The van der Waals surface area contributed by atoms with E-state index in [2.05, 4.69) is 11.4 Å². The predicted octanol–water partition coefficient (Wildman–Crippen LogP) is 3.86. The van der Waals surface area contributed by atoms with Crippen LogP contribution in [0.5, 0.6) is 0 Å². The number of carbonyl (C=O) groups is 2. The lowest BCUT2D eigenvalue weighted by Gasteiger charge is -2.18. The Bertz CT molecular complexity index is 827. The number of nitrogens with zero attached hydrogens (tertiary/aromatic N) is 1. The maximum Gasteiger partial charge on any atom is 0.258 e. The molecular formula is C22H26N2O2. The van der Waals surface area contributed by atoms with Gasteiger partial charge in [0.2, 0.25) is 5.91 Å². The Kier molecular flexibility index (Phi) is 5.40. The van der Waals surface area contributed by atoms with Crippen molar-refractivity contribution in [3.05, 3.63) is 64.7 Å². The summed E-state index contributed by atoms with van der Waals surface area (Å²) < 4.78 is 0. The minimum absolute atomic E-state index is 0.0356. The third kappa shape index (κ3) is 4.13. The van der Waals surface area contributed by atoms with E-state index in [1.165, 1.54) is 5.56 Å². The second-order valence-electron chi connectivity index (χ2n) is 7.41. The molecule has 4 heteroatoms. The van der Waals surface area contributed by atoms with Crippen LogP contribution in [-0.4, -0.2) is 18.4 Å². The smallest absolute Gasteiger partial charge is 0.258 e. The molecule has 0 saturated carbocycles. The molecule has 0 fully saturated rings. The largest absolute Gasteiger partial charge is 0.352 e. The maximum atomic E-state index is 12.9. The van der Waals surface area contributed by atoms with Crippen LogP contribution in [0.3, 0.4) is 0 Å². The molecule has 0 aliphatic carbocycles. The van der Waals surface area contributed by atoms with Gasteiger partial charge in [-0.15, -0.1) is 0 Å². The van der Waals surface area contributed by atoms with Gasteiger partial charge in [0.15, 0.2) is 0 Å². The van der Waals surface area contributed by atoms with Crippen molar-refractivity contribution in [3.8, 4) is 0 Å². The lowest BCUT2D eigenvalue weighted by Crippen LogP contribution is -2.29. The quantitative estimate of drug-likeness (QED) is 0.890. The minimum atomic E-state index is 0.0356. The van der Waals surface area contributed by atoms with Crippen molar-refractivity contribution >= 4 is 17.5 Å². The van der Waals surface area contributed by atoms with Crippen LogP contribution < -0.4 is 10.2 Å². The lowest BCUT2D eigenvalue weighted by atomic mass is 10.1. The Morgan fingerprint density at radius 3 is 2.69 bits per heavy atom. The minimum Gasteiger partial charge on any atom is -0.352 e. The number of carbonyl (C=O) groups excluding carboxylic acids is 2. The van der Waals surface area contributed by atoms with Crippen molar-refractivity contribution in [1.82, 2.24) is 5.32 Å². The molecule has 2 aromatic carbocycles. The number of hydrogen-bond acceptors (Lipinski definition) is 2. The average Bonchev–Trinajstić information content (AvgIpc) is 3.02. The first-order valence-corrected chi connectivity index (χ1v) is 9.21. The monoisotopic (exact) mass is 350 g/mol. The van der Waals surface area contributed by atoms with Crippen LogP contribution in [0.1, 0.15) is 47.3 Å². The second-order valence-corrected chi connectivity index (χ2v) is 7.41. The highest BCUT2D eigenvalue weighted by molar-refractivity contribution is 6.07. The second kappa shape index (κ2) is 7.73. The molecule has 136 valence electrons. The molecule has 2 aromatic rings. The molecule has 0 atom stereocenters. The molecule has 1 aliphatic rings. The molecule has 0 radical (unpaired) electrons. The SMILES string of the molecule is Cc1cccc(C(=O)N2CCc3ccc(CNC(=O)CC(C)C)cc32)c1. The molecule has 3 rings (SSSR count). The summed E-state index contributed by atoms with van der Waals surface area (Å²) in [7, 11) is 0. The van der Waals surface area contributed by atoms with E-state index in [4.69, 9.17) is 0 Å². The van der Waals surface area contributed by atoms with Crippen LogP contribution in [0.15, 0.2) is 42.5 Å². The van der Waals surface area contributed by atoms with E-state index in [0.29, 0.717) is 31.0 Å². The summed E-state index contributed by atoms with van der Waals surface area (Å²) in [5.41, 5.74) is 4.96. The fraction of sp³-hybridized carbons (Fsp3) is 0.364. The van der Waals surface area contributed by atoms with Crippen molar-refractivity contribution in [3.63, 3.8) is 0 Å². The van der Waals surface area contributed by atoms with Crippen LogP contribution in [0.25, 0.3) is 0 Å². The Labute approximate surface area is 155 Å². The van der Waals surface area contributed by atoms with Gasteiger partial charge in [-0.25, -0.2) is 0 Å². The van der Waals surface area contributed by atoms with Crippen LogP contribution in [-0.2, 0) is 17.8 Å². The Hall–Kier alpha value is -2.62. The first-order chi connectivity index (χ1) is 12.4. The number of rotatable bonds is 5. The van der Waals surface area contributed by atoms with Gasteiger partial charge < -0.3 is 10.2 Å². The highest BCUT2D eigenvalue weighted by Crippen LogP contribution is 2.30. The summed E-state index contributed by atoms with van der Waals surface area (Å²) in [5.74, 6) is 0.444. The van der Waals surface area contributed by atoms with Crippen LogP contribution in [0.2, 0.25) is 0 Å². The van der Waals surface area contributed by atoms with E-state index < -0.39 is 0 Å². The summed E-state index contributed by atoms with van der Waals surface area (Å²) in [6.07, 6.45) is 1.40. The van der Waals surface area contributed by atoms with Gasteiger partial charge in [-0.1, -0.05) is 43.7 Å². The van der Waals surface area contributed by atoms with E-state index in [-0.39, 0.29) is 11.8 Å². The number of fused-ring (bicyclic) bond motifs is 1. The van der Waals surface area contributed by atoms with E-state index in [0.717, 1.165) is 23.2 Å². The van der Waals surface area contributed by atoms with Crippen molar-refractivity contribution in [2.24, 2.45) is 5.92 Å². The predicted molar refractivity (Wildman–Crippen MR) is 104 cm³/mol. The number of anilines is 1. The molecule has 0 saturated heterocycles. The summed E-state index contributed by atoms with van der Waals surface area (Å²) in [6.45, 7) is 7.25. The van der Waals surface area contributed by atoms with Crippen molar-refractivity contribution in [1.29, 1.82) is 0 Å². The van der Waals surface area contributed by atoms with E-state index in [1.807, 2.05) is 62.1 Å². The zero-order valence-electron chi connectivity index (χ0n) is 15.7.